The van der Waals surface area contributed by atoms with E-state index in [1.807, 2.05) is 32.0 Å². The van der Waals surface area contributed by atoms with Crippen molar-refractivity contribution in [3.8, 4) is 5.75 Å². The van der Waals surface area contributed by atoms with Crippen molar-refractivity contribution >= 4 is 29.3 Å². The van der Waals surface area contributed by atoms with Crippen molar-refractivity contribution in [2.24, 2.45) is 5.92 Å². The van der Waals surface area contributed by atoms with Gasteiger partial charge in [0.2, 0.25) is 11.8 Å². The fourth-order valence-corrected chi connectivity index (χ4v) is 5.19. The maximum absolute atomic E-state index is 13.8. The summed E-state index contributed by atoms with van der Waals surface area (Å²) in [5.41, 5.74) is 0.0153. The monoisotopic (exact) mass is 621 g/mol. The summed E-state index contributed by atoms with van der Waals surface area (Å²) in [7, 11) is 0. The van der Waals surface area contributed by atoms with Crippen molar-refractivity contribution in [3.63, 3.8) is 0 Å². The molecular weight excluding hydrogens is 578 g/mol. The average molecular weight is 622 g/mol. The number of aliphatic hydroxyl groups excluding tert-OH is 1. The topological polar surface area (TPSA) is 152 Å². The Morgan fingerprint density at radius 2 is 1.76 bits per heavy atom. The van der Waals surface area contributed by atoms with Gasteiger partial charge < -0.3 is 34.5 Å². The highest BCUT2D eigenvalue weighted by Gasteiger charge is 2.40. The van der Waals surface area contributed by atoms with E-state index >= 15 is 0 Å². The standard InChI is InChI=1S/C33H43N5O7/c1-21(2)29(36-30(41)24-19-37-16-10-9-15-27(37)34-24)32(43)38-17-11-14-25(38)31(42)35-23(18-28(40)45-33(3,4)5)26(39)20-44-22-12-7-6-8-13-22/h6-10,12-13,15-16,19,21,23,25-26,29,39H,11,14,17-18,20H2,1-5H3,(H,35,42)(H,36,41)/t23-,25-,26?,29-/m0/s1. The van der Waals surface area contributed by atoms with E-state index in [0.717, 1.165) is 0 Å². The van der Waals surface area contributed by atoms with Gasteiger partial charge in [-0.1, -0.05) is 38.1 Å². The van der Waals surface area contributed by atoms with E-state index in [4.69, 9.17) is 9.47 Å². The Morgan fingerprint density at radius 3 is 2.42 bits per heavy atom. The molecule has 0 saturated carbocycles. The van der Waals surface area contributed by atoms with Crippen molar-refractivity contribution in [2.75, 3.05) is 13.2 Å². The zero-order chi connectivity index (χ0) is 32.7. The number of carbonyl (C=O) groups excluding carboxylic acids is 4. The van der Waals surface area contributed by atoms with Crippen LogP contribution in [0.2, 0.25) is 0 Å². The highest BCUT2D eigenvalue weighted by molar-refractivity contribution is 5.98. The van der Waals surface area contributed by atoms with Crippen molar-refractivity contribution < 1.29 is 33.8 Å². The third-order valence-electron chi connectivity index (χ3n) is 7.42. The van der Waals surface area contributed by atoms with E-state index in [0.29, 0.717) is 30.8 Å². The number of fused-ring (bicyclic) bond motifs is 1. The third kappa shape index (κ3) is 9.04. The molecule has 0 bridgehead atoms. The Morgan fingerprint density at radius 1 is 1.04 bits per heavy atom. The van der Waals surface area contributed by atoms with Gasteiger partial charge in [0.1, 0.15) is 47.5 Å². The van der Waals surface area contributed by atoms with Gasteiger partial charge >= 0.3 is 5.97 Å². The molecule has 1 saturated heterocycles. The molecule has 4 rings (SSSR count). The zero-order valence-corrected chi connectivity index (χ0v) is 26.4. The number of likely N-dealkylation sites (tertiary alicyclic amines) is 1. The minimum atomic E-state index is -1.25. The summed E-state index contributed by atoms with van der Waals surface area (Å²) in [6.45, 7) is 8.96. The number of rotatable bonds is 12. The number of carbonyl (C=O) groups is 4. The van der Waals surface area contributed by atoms with Gasteiger partial charge in [0, 0.05) is 18.9 Å². The molecule has 1 fully saturated rings. The van der Waals surface area contributed by atoms with Gasteiger partial charge in [0.25, 0.3) is 5.91 Å². The van der Waals surface area contributed by atoms with Gasteiger partial charge in [-0.3, -0.25) is 19.2 Å². The molecule has 0 spiro atoms. The molecule has 2 aromatic heterocycles. The van der Waals surface area contributed by atoms with Crippen LogP contribution in [0.1, 0.15) is 64.4 Å². The molecule has 242 valence electrons. The van der Waals surface area contributed by atoms with Crippen molar-refractivity contribution in [3.05, 3.63) is 66.6 Å². The zero-order valence-electron chi connectivity index (χ0n) is 26.4. The molecule has 1 aliphatic rings. The number of aromatic nitrogens is 2. The lowest BCUT2D eigenvalue weighted by Gasteiger charge is -2.32. The summed E-state index contributed by atoms with van der Waals surface area (Å²) in [6, 6.07) is 11.5. The number of pyridine rings is 1. The van der Waals surface area contributed by atoms with E-state index in [2.05, 4.69) is 15.6 Å². The Balaban J connectivity index is 1.46. The first-order valence-corrected chi connectivity index (χ1v) is 15.3. The Labute approximate surface area is 263 Å². The number of esters is 1. The lowest BCUT2D eigenvalue weighted by atomic mass is 10.0. The molecule has 1 aliphatic heterocycles. The molecule has 0 aliphatic carbocycles. The van der Waals surface area contributed by atoms with Gasteiger partial charge in [0.15, 0.2) is 0 Å². The molecule has 3 amide bonds. The lowest BCUT2D eigenvalue weighted by molar-refractivity contribution is -0.156. The van der Waals surface area contributed by atoms with Gasteiger partial charge in [-0.25, -0.2) is 4.98 Å². The molecule has 12 heteroatoms. The van der Waals surface area contributed by atoms with E-state index in [-0.39, 0.29) is 24.6 Å². The summed E-state index contributed by atoms with van der Waals surface area (Å²) >= 11 is 0. The van der Waals surface area contributed by atoms with Crippen LogP contribution in [0.3, 0.4) is 0 Å². The van der Waals surface area contributed by atoms with Crippen molar-refractivity contribution in [2.45, 2.75) is 83.7 Å². The largest absolute Gasteiger partial charge is 0.491 e. The van der Waals surface area contributed by atoms with Crippen molar-refractivity contribution in [1.29, 1.82) is 0 Å². The van der Waals surface area contributed by atoms with Gasteiger partial charge in [-0.2, -0.15) is 0 Å². The third-order valence-corrected chi connectivity index (χ3v) is 7.42. The summed E-state index contributed by atoms with van der Waals surface area (Å²) < 4.78 is 12.8. The second-order valence-corrected chi connectivity index (χ2v) is 12.6. The van der Waals surface area contributed by atoms with Gasteiger partial charge in [-0.05, 0) is 63.8 Å². The Kier molecular flexibility index (Phi) is 10.8. The van der Waals surface area contributed by atoms with Crippen molar-refractivity contribution in [1.82, 2.24) is 24.9 Å². The number of hydrogen-bond donors (Lipinski definition) is 3. The summed E-state index contributed by atoms with van der Waals surface area (Å²) in [4.78, 5) is 59.1. The van der Waals surface area contributed by atoms with Crippen LogP contribution in [-0.4, -0.2) is 86.1 Å². The molecule has 12 nitrogen and oxygen atoms in total. The molecule has 1 unspecified atom stereocenters. The number of benzene rings is 1. The number of imidazole rings is 1. The van der Waals surface area contributed by atoms with Gasteiger partial charge in [-0.15, -0.1) is 0 Å². The number of ether oxygens (including phenoxy) is 2. The van der Waals surface area contributed by atoms with Crippen LogP contribution in [0.5, 0.6) is 5.75 Å². The fraction of sp³-hybridized carbons (Fsp3) is 0.485. The second kappa shape index (κ2) is 14.6. The van der Waals surface area contributed by atoms with Crippen LogP contribution in [-0.2, 0) is 19.1 Å². The quantitative estimate of drug-likeness (QED) is 0.261. The van der Waals surface area contributed by atoms with Crippen LogP contribution in [0.25, 0.3) is 5.65 Å². The molecule has 4 atom stereocenters. The molecule has 45 heavy (non-hydrogen) atoms. The van der Waals surface area contributed by atoms with E-state index < -0.39 is 53.5 Å². The van der Waals surface area contributed by atoms with E-state index in [9.17, 15) is 24.3 Å². The number of nitrogens with one attached hydrogen (secondary N) is 2. The minimum Gasteiger partial charge on any atom is -0.491 e. The van der Waals surface area contributed by atoms with Crippen LogP contribution >= 0.6 is 0 Å². The maximum Gasteiger partial charge on any atom is 0.308 e. The highest BCUT2D eigenvalue weighted by atomic mass is 16.6. The van der Waals surface area contributed by atoms with Crippen LogP contribution < -0.4 is 15.4 Å². The lowest BCUT2D eigenvalue weighted by Crippen LogP contribution is -2.57. The second-order valence-electron chi connectivity index (χ2n) is 12.6. The van der Waals surface area contributed by atoms with Gasteiger partial charge in [0.05, 0.1) is 12.5 Å². The molecule has 3 N–H and O–H groups in total. The minimum absolute atomic E-state index is 0.173. The predicted molar refractivity (Wildman–Crippen MR) is 166 cm³/mol. The SMILES string of the molecule is CC(C)[C@H](NC(=O)c1cn2ccccc2n1)C(=O)N1CCC[C@H]1C(=O)N[C@@H](CC(=O)OC(C)(C)C)C(O)COc1ccccc1. The van der Waals surface area contributed by atoms with E-state index in [1.165, 1.54) is 4.90 Å². The summed E-state index contributed by atoms with van der Waals surface area (Å²) in [5, 5.41) is 16.6. The number of aliphatic hydroxyl groups is 1. The first kappa shape index (κ1) is 33.4. The van der Waals surface area contributed by atoms with Crippen LogP contribution in [0.4, 0.5) is 0 Å². The van der Waals surface area contributed by atoms with E-state index in [1.54, 1.807) is 67.9 Å². The predicted octanol–water partition coefficient (Wildman–Crippen LogP) is 2.74. The molecule has 0 radical (unpaired) electrons. The first-order chi connectivity index (χ1) is 21.3. The van der Waals surface area contributed by atoms with Crippen LogP contribution in [0, 0.1) is 5.92 Å². The first-order valence-electron chi connectivity index (χ1n) is 15.3. The molecule has 3 aromatic rings. The number of para-hydroxylation sites is 1. The smallest absolute Gasteiger partial charge is 0.308 e. The Hall–Kier alpha value is -4.45. The summed E-state index contributed by atoms with van der Waals surface area (Å²) in [6.07, 6.45) is 2.78. The number of hydrogen-bond acceptors (Lipinski definition) is 8. The average Bonchev–Trinajstić information content (AvgIpc) is 3.65. The fourth-order valence-electron chi connectivity index (χ4n) is 5.19. The highest BCUT2D eigenvalue weighted by Crippen LogP contribution is 2.22. The normalized spacial score (nSPS) is 17.0. The Bertz CT molecular complexity index is 1450. The molecule has 3 heterocycles. The maximum atomic E-state index is 13.8. The number of amides is 3. The van der Waals surface area contributed by atoms with Crippen LogP contribution in [0.15, 0.2) is 60.9 Å². The molecule has 1 aromatic carbocycles. The summed E-state index contributed by atoms with van der Waals surface area (Å²) in [5.74, 6) is -1.75. The number of nitrogens with zero attached hydrogens (tertiary/aromatic N) is 3. The molecular formula is C33H43N5O7.